The first-order chi connectivity index (χ1) is 11.0. The molecule has 1 aliphatic heterocycles. The average molecular weight is 341 g/mol. The zero-order valence-electron chi connectivity index (χ0n) is 14.2. The molecule has 2 rings (SSSR count). The number of hydrogen-bond acceptors (Lipinski definition) is 4. The summed E-state index contributed by atoms with van der Waals surface area (Å²) in [5.74, 6) is 0. The van der Waals surface area contributed by atoms with E-state index in [0.717, 1.165) is 12.0 Å². The number of piperazine rings is 1. The lowest BCUT2D eigenvalue weighted by molar-refractivity contribution is 0.178. The van der Waals surface area contributed by atoms with Crippen LogP contribution in [0.1, 0.15) is 24.1 Å². The molecule has 0 spiro atoms. The van der Waals surface area contributed by atoms with Crippen molar-refractivity contribution in [1.29, 1.82) is 0 Å². The zero-order chi connectivity index (χ0) is 16.9. The summed E-state index contributed by atoms with van der Waals surface area (Å²) in [6.07, 6.45) is 0.977. The van der Waals surface area contributed by atoms with Crippen LogP contribution in [0.15, 0.2) is 24.3 Å². The second-order valence-corrected chi connectivity index (χ2v) is 7.74. The molecule has 0 radical (unpaired) electrons. The fourth-order valence-electron chi connectivity index (χ4n) is 2.74. The molecule has 1 unspecified atom stereocenters. The molecule has 1 heterocycles. The molecule has 1 aromatic carbocycles. The quantitative estimate of drug-likeness (QED) is 0.804. The molecule has 0 aromatic heterocycles. The Balaban J connectivity index is 2.23. The average Bonchev–Trinajstić information content (AvgIpc) is 2.59. The van der Waals surface area contributed by atoms with Crippen LogP contribution in [0.3, 0.4) is 0 Å². The van der Waals surface area contributed by atoms with E-state index in [-0.39, 0.29) is 6.04 Å². The Kier molecular flexibility index (Phi) is 6.55. The van der Waals surface area contributed by atoms with E-state index < -0.39 is 10.2 Å². The molecule has 1 fully saturated rings. The summed E-state index contributed by atoms with van der Waals surface area (Å²) in [5, 5.41) is 3.30. The molecule has 0 bridgehead atoms. The predicted octanol–water partition coefficient (Wildman–Crippen LogP) is 1.02. The summed E-state index contributed by atoms with van der Waals surface area (Å²) in [6, 6.07) is 8.04. The maximum absolute atomic E-state index is 12.9. The van der Waals surface area contributed by atoms with Crippen molar-refractivity contribution in [2.45, 2.75) is 19.4 Å². The number of nitrogens with zero attached hydrogens (tertiary/aromatic N) is 2. The summed E-state index contributed by atoms with van der Waals surface area (Å²) in [4.78, 5) is 0. The highest BCUT2D eigenvalue weighted by molar-refractivity contribution is 7.86. The summed E-state index contributed by atoms with van der Waals surface area (Å²) in [5.41, 5.74) is 2.28. The number of rotatable bonds is 7. The van der Waals surface area contributed by atoms with Gasteiger partial charge in [0, 0.05) is 40.3 Å². The number of nitrogens with one attached hydrogen (secondary N) is 1. The molecule has 0 aliphatic carbocycles. The molecule has 0 amide bonds. The number of hydrogen-bond donors (Lipinski definition) is 1. The topological polar surface area (TPSA) is 61.9 Å². The van der Waals surface area contributed by atoms with Gasteiger partial charge in [0.05, 0.1) is 12.6 Å². The number of likely N-dealkylation sites (N-methyl/N-ethyl adjacent to an activating group) is 1. The maximum atomic E-state index is 12.9. The highest BCUT2D eigenvalue weighted by atomic mass is 32.2. The van der Waals surface area contributed by atoms with E-state index >= 15 is 0 Å². The van der Waals surface area contributed by atoms with Gasteiger partial charge in [-0.05, 0) is 17.5 Å². The molecule has 1 saturated heterocycles. The van der Waals surface area contributed by atoms with Crippen LogP contribution < -0.4 is 5.32 Å². The van der Waals surface area contributed by atoms with Crippen LogP contribution in [0.4, 0.5) is 0 Å². The van der Waals surface area contributed by atoms with Gasteiger partial charge in [-0.25, -0.2) is 0 Å². The van der Waals surface area contributed by atoms with Gasteiger partial charge in [-0.15, -0.1) is 0 Å². The molecule has 1 N–H and O–H groups in total. The third-order valence-electron chi connectivity index (χ3n) is 4.27. The van der Waals surface area contributed by atoms with Crippen molar-refractivity contribution in [1.82, 2.24) is 13.9 Å². The van der Waals surface area contributed by atoms with Crippen molar-refractivity contribution in [3.8, 4) is 0 Å². The van der Waals surface area contributed by atoms with Gasteiger partial charge in [0.1, 0.15) is 0 Å². The second-order valence-electron chi connectivity index (χ2n) is 5.75. The fourth-order valence-corrected chi connectivity index (χ4v) is 4.24. The Morgan fingerprint density at radius 3 is 2.65 bits per heavy atom. The monoisotopic (exact) mass is 341 g/mol. The van der Waals surface area contributed by atoms with Crippen molar-refractivity contribution in [2.24, 2.45) is 0 Å². The van der Waals surface area contributed by atoms with Crippen LogP contribution in [0.25, 0.3) is 0 Å². The van der Waals surface area contributed by atoms with Crippen molar-refractivity contribution in [3.05, 3.63) is 35.4 Å². The Bertz CT molecular complexity index is 589. The minimum atomic E-state index is -3.50. The molecule has 130 valence electrons. The van der Waals surface area contributed by atoms with Gasteiger partial charge in [-0.1, -0.05) is 31.2 Å². The van der Waals surface area contributed by atoms with Crippen LogP contribution in [0, 0.1) is 0 Å². The molecular weight excluding hydrogens is 314 g/mol. The first-order valence-corrected chi connectivity index (χ1v) is 9.42. The summed E-state index contributed by atoms with van der Waals surface area (Å²) < 4.78 is 33.7. The van der Waals surface area contributed by atoms with E-state index in [1.165, 1.54) is 9.87 Å². The van der Waals surface area contributed by atoms with Gasteiger partial charge in [-0.3, -0.25) is 0 Å². The number of methoxy groups -OCH3 is 1. The van der Waals surface area contributed by atoms with Crippen molar-refractivity contribution in [3.63, 3.8) is 0 Å². The minimum Gasteiger partial charge on any atom is -0.383 e. The van der Waals surface area contributed by atoms with E-state index in [2.05, 4.69) is 24.4 Å². The smallest absolute Gasteiger partial charge is 0.282 e. The van der Waals surface area contributed by atoms with E-state index in [1.54, 1.807) is 18.5 Å². The molecule has 1 aromatic rings. The van der Waals surface area contributed by atoms with Crippen molar-refractivity contribution < 1.29 is 13.2 Å². The highest BCUT2D eigenvalue weighted by Crippen LogP contribution is 2.26. The van der Waals surface area contributed by atoms with Gasteiger partial charge in [0.25, 0.3) is 10.2 Å². The molecular formula is C16H27N3O3S. The number of benzene rings is 1. The SMILES string of the molecule is CCc1ccc(C2CNCCN2S(=O)(=O)N(C)CCOC)cc1. The van der Waals surface area contributed by atoms with Crippen LogP contribution in [0.5, 0.6) is 0 Å². The molecule has 23 heavy (non-hydrogen) atoms. The van der Waals surface area contributed by atoms with Gasteiger partial charge in [0.2, 0.25) is 0 Å². The molecule has 7 heteroatoms. The zero-order valence-corrected chi connectivity index (χ0v) is 15.0. The molecule has 1 aliphatic rings. The molecule has 1 atom stereocenters. The number of ether oxygens (including phenoxy) is 1. The standard InChI is InChI=1S/C16H27N3O3S/c1-4-14-5-7-15(8-6-14)16-13-17-9-10-19(16)23(20,21)18(2)11-12-22-3/h5-8,16-17H,4,9-13H2,1-3H3. The Morgan fingerprint density at radius 1 is 1.35 bits per heavy atom. The predicted molar refractivity (Wildman–Crippen MR) is 91.6 cm³/mol. The van der Waals surface area contributed by atoms with E-state index in [9.17, 15) is 8.42 Å². The van der Waals surface area contributed by atoms with Crippen molar-refractivity contribution >= 4 is 10.2 Å². The largest absolute Gasteiger partial charge is 0.383 e. The lowest BCUT2D eigenvalue weighted by atomic mass is 10.0. The molecule has 0 saturated carbocycles. The van der Waals surface area contributed by atoms with Gasteiger partial charge < -0.3 is 10.1 Å². The van der Waals surface area contributed by atoms with Crippen LogP contribution >= 0.6 is 0 Å². The van der Waals surface area contributed by atoms with E-state index in [4.69, 9.17) is 4.74 Å². The van der Waals surface area contributed by atoms with Crippen LogP contribution in [-0.4, -0.2) is 64.0 Å². The number of aryl methyl sites for hydroxylation is 1. The van der Waals surface area contributed by atoms with Crippen molar-refractivity contribution in [2.75, 3.05) is 46.9 Å². The maximum Gasteiger partial charge on any atom is 0.282 e. The van der Waals surface area contributed by atoms with Crippen LogP contribution in [0.2, 0.25) is 0 Å². The summed E-state index contributed by atoms with van der Waals surface area (Å²) in [6.45, 7) is 4.62. The summed E-state index contributed by atoms with van der Waals surface area (Å²) in [7, 11) is -0.323. The van der Waals surface area contributed by atoms with E-state index in [0.29, 0.717) is 32.8 Å². The fraction of sp³-hybridized carbons (Fsp3) is 0.625. The highest BCUT2D eigenvalue weighted by Gasteiger charge is 2.35. The normalized spacial score (nSPS) is 20.1. The van der Waals surface area contributed by atoms with Gasteiger partial charge >= 0.3 is 0 Å². The lowest BCUT2D eigenvalue weighted by Crippen LogP contribution is -2.53. The summed E-state index contributed by atoms with van der Waals surface area (Å²) >= 11 is 0. The van der Waals surface area contributed by atoms with Crippen LogP contribution in [-0.2, 0) is 21.4 Å². The van der Waals surface area contributed by atoms with Gasteiger partial charge in [0.15, 0.2) is 0 Å². The van der Waals surface area contributed by atoms with Gasteiger partial charge in [-0.2, -0.15) is 17.0 Å². The minimum absolute atomic E-state index is 0.176. The first kappa shape index (κ1) is 18.4. The van der Waals surface area contributed by atoms with E-state index in [1.807, 2.05) is 12.1 Å². The first-order valence-electron chi connectivity index (χ1n) is 8.02. The second kappa shape index (κ2) is 8.21. The third-order valence-corrected chi connectivity index (χ3v) is 6.27. The Hall–Kier alpha value is -0.990. The molecule has 6 nitrogen and oxygen atoms in total. The Morgan fingerprint density at radius 2 is 2.04 bits per heavy atom. The Labute approximate surface area is 139 Å². The lowest BCUT2D eigenvalue weighted by Gasteiger charge is -2.37. The third kappa shape index (κ3) is 4.30.